The van der Waals surface area contributed by atoms with Crippen molar-refractivity contribution in [3.63, 3.8) is 0 Å². The van der Waals surface area contributed by atoms with Gasteiger partial charge in [0, 0.05) is 21.5 Å². The Hall–Kier alpha value is -1.87. The Balaban J connectivity index is 2.06. The van der Waals surface area contributed by atoms with E-state index in [0.29, 0.717) is 0 Å². The zero-order valence-electron chi connectivity index (χ0n) is 10.3. The number of hydrogen-bond acceptors (Lipinski definition) is 3. The highest BCUT2D eigenvalue weighted by Gasteiger charge is 2.07. The van der Waals surface area contributed by atoms with E-state index in [1.807, 2.05) is 29.7 Å². The highest BCUT2D eigenvalue weighted by atomic mass is 32.1. The third-order valence-corrected chi connectivity index (χ3v) is 4.23. The van der Waals surface area contributed by atoms with Crippen molar-refractivity contribution in [2.75, 3.05) is 0 Å². The minimum Gasteiger partial charge on any atom is -0.472 e. The lowest BCUT2D eigenvalue weighted by molar-refractivity contribution is 0.568. The van der Waals surface area contributed by atoms with Crippen LogP contribution in [0, 0.1) is 13.8 Å². The first kappa shape index (κ1) is 11.2. The van der Waals surface area contributed by atoms with Crippen LogP contribution in [0.3, 0.4) is 0 Å². The summed E-state index contributed by atoms with van der Waals surface area (Å²) in [5.74, 6) is 0. The number of thiophene rings is 1. The first-order valence-corrected chi connectivity index (χ1v) is 6.62. The number of aryl methyl sites for hydroxylation is 2. The maximum Gasteiger partial charge on any atom is 0.0996 e. The molecule has 0 spiro atoms. The van der Waals surface area contributed by atoms with Gasteiger partial charge in [0.15, 0.2) is 0 Å². The highest BCUT2D eigenvalue weighted by molar-refractivity contribution is 7.15. The molecule has 0 radical (unpaired) electrons. The number of hydrogen-bond donors (Lipinski definition) is 0. The molecule has 0 aliphatic heterocycles. The third-order valence-electron chi connectivity index (χ3n) is 3.03. The fourth-order valence-corrected chi connectivity index (χ4v) is 2.90. The SMILES string of the molecule is Cc1cc(-c2ccnc(-c3ccoc3)c2)sc1C. The molecule has 3 aromatic rings. The molecule has 0 bridgehead atoms. The Bertz CT molecular complexity index is 648. The Morgan fingerprint density at radius 2 is 2.00 bits per heavy atom. The minimum atomic E-state index is 0.949. The van der Waals surface area contributed by atoms with Crippen LogP contribution in [0.1, 0.15) is 10.4 Å². The first-order valence-electron chi connectivity index (χ1n) is 5.80. The third kappa shape index (κ3) is 1.97. The maximum absolute atomic E-state index is 5.10. The van der Waals surface area contributed by atoms with Crippen molar-refractivity contribution in [3.05, 3.63) is 53.4 Å². The summed E-state index contributed by atoms with van der Waals surface area (Å²) in [6, 6.07) is 8.31. The van der Waals surface area contributed by atoms with E-state index < -0.39 is 0 Å². The van der Waals surface area contributed by atoms with Crippen LogP contribution in [0.15, 0.2) is 47.4 Å². The van der Waals surface area contributed by atoms with E-state index in [9.17, 15) is 0 Å². The summed E-state index contributed by atoms with van der Waals surface area (Å²) in [4.78, 5) is 7.04. The molecule has 0 fully saturated rings. The van der Waals surface area contributed by atoms with Crippen LogP contribution < -0.4 is 0 Å². The summed E-state index contributed by atoms with van der Waals surface area (Å²) >= 11 is 1.82. The number of aromatic nitrogens is 1. The maximum atomic E-state index is 5.10. The summed E-state index contributed by atoms with van der Waals surface area (Å²) in [7, 11) is 0. The van der Waals surface area contributed by atoms with Crippen molar-refractivity contribution in [3.8, 4) is 21.7 Å². The summed E-state index contributed by atoms with van der Waals surface area (Å²) in [5.41, 5.74) is 4.52. The lowest BCUT2D eigenvalue weighted by Crippen LogP contribution is -1.81. The summed E-state index contributed by atoms with van der Waals surface area (Å²) in [6.07, 6.45) is 5.24. The standard InChI is InChI=1S/C15H13NOS/c1-10-7-15(18-11(10)2)12-3-5-16-14(8-12)13-4-6-17-9-13/h3-9H,1-2H3. The van der Waals surface area contributed by atoms with Crippen LogP contribution in [0.25, 0.3) is 21.7 Å². The smallest absolute Gasteiger partial charge is 0.0996 e. The molecular formula is C15H13NOS. The fourth-order valence-electron chi connectivity index (χ4n) is 1.87. The fraction of sp³-hybridized carbons (Fsp3) is 0.133. The predicted molar refractivity (Wildman–Crippen MR) is 74.7 cm³/mol. The minimum absolute atomic E-state index is 0.949. The average molecular weight is 255 g/mol. The van der Waals surface area contributed by atoms with Crippen LogP contribution >= 0.6 is 11.3 Å². The van der Waals surface area contributed by atoms with Crippen molar-refractivity contribution in [1.82, 2.24) is 4.98 Å². The topological polar surface area (TPSA) is 26.0 Å². The quantitative estimate of drug-likeness (QED) is 0.664. The van der Waals surface area contributed by atoms with Crippen LogP contribution in [0.5, 0.6) is 0 Å². The van der Waals surface area contributed by atoms with Crippen molar-refractivity contribution in [2.45, 2.75) is 13.8 Å². The second-order valence-electron chi connectivity index (χ2n) is 4.29. The largest absolute Gasteiger partial charge is 0.472 e. The van der Waals surface area contributed by atoms with Gasteiger partial charge >= 0.3 is 0 Å². The molecule has 0 N–H and O–H groups in total. The zero-order chi connectivity index (χ0) is 12.5. The summed E-state index contributed by atoms with van der Waals surface area (Å²) in [5, 5.41) is 0. The lowest BCUT2D eigenvalue weighted by Gasteiger charge is -2.00. The molecule has 18 heavy (non-hydrogen) atoms. The Morgan fingerprint density at radius 1 is 1.11 bits per heavy atom. The van der Waals surface area contributed by atoms with Gasteiger partial charge in [-0.05, 0) is 49.2 Å². The second kappa shape index (κ2) is 4.42. The molecule has 0 atom stereocenters. The molecule has 90 valence electrons. The van der Waals surface area contributed by atoms with E-state index in [2.05, 4.69) is 31.0 Å². The van der Waals surface area contributed by atoms with Gasteiger partial charge in [-0.25, -0.2) is 0 Å². The molecule has 0 aliphatic carbocycles. The predicted octanol–water partition coefficient (Wildman–Crippen LogP) is 4.69. The molecule has 0 saturated heterocycles. The van der Waals surface area contributed by atoms with Gasteiger partial charge in [0.2, 0.25) is 0 Å². The van der Waals surface area contributed by atoms with E-state index in [0.717, 1.165) is 11.3 Å². The van der Waals surface area contributed by atoms with Crippen molar-refractivity contribution in [1.29, 1.82) is 0 Å². The van der Waals surface area contributed by atoms with Crippen LogP contribution in [0.2, 0.25) is 0 Å². The molecule has 2 nitrogen and oxygen atoms in total. The van der Waals surface area contributed by atoms with E-state index in [1.54, 1.807) is 12.5 Å². The monoisotopic (exact) mass is 255 g/mol. The van der Waals surface area contributed by atoms with Crippen LogP contribution in [0.4, 0.5) is 0 Å². The zero-order valence-corrected chi connectivity index (χ0v) is 11.1. The molecule has 0 unspecified atom stereocenters. The van der Waals surface area contributed by atoms with E-state index in [1.165, 1.54) is 20.9 Å². The Morgan fingerprint density at radius 3 is 2.67 bits per heavy atom. The van der Waals surface area contributed by atoms with Crippen molar-refractivity contribution in [2.24, 2.45) is 0 Å². The van der Waals surface area contributed by atoms with Gasteiger partial charge in [0.05, 0.1) is 18.2 Å². The van der Waals surface area contributed by atoms with E-state index in [-0.39, 0.29) is 0 Å². The molecular weight excluding hydrogens is 242 g/mol. The van der Waals surface area contributed by atoms with E-state index in [4.69, 9.17) is 4.42 Å². The van der Waals surface area contributed by atoms with E-state index >= 15 is 0 Å². The molecule has 0 amide bonds. The molecule has 3 aromatic heterocycles. The van der Waals surface area contributed by atoms with Gasteiger partial charge < -0.3 is 4.42 Å². The molecule has 0 aliphatic rings. The van der Waals surface area contributed by atoms with Gasteiger partial charge in [-0.3, -0.25) is 4.98 Å². The first-order chi connectivity index (χ1) is 8.74. The number of rotatable bonds is 2. The summed E-state index contributed by atoms with van der Waals surface area (Å²) in [6.45, 7) is 4.30. The van der Waals surface area contributed by atoms with Gasteiger partial charge in [-0.1, -0.05) is 0 Å². The number of pyridine rings is 1. The van der Waals surface area contributed by atoms with Gasteiger partial charge in [0.25, 0.3) is 0 Å². The van der Waals surface area contributed by atoms with Crippen LogP contribution in [-0.4, -0.2) is 4.98 Å². The molecule has 0 saturated carbocycles. The van der Waals surface area contributed by atoms with Crippen LogP contribution in [-0.2, 0) is 0 Å². The summed E-state index contributed by atoms with van der Waals surface area (Å²) < 4.78 is 5.10. The van der Waals surface area contributed by atoms with Crippen molar-refractivity contribution < 1.29 is 4.42 Å². The molecule has 3 heteroatoms. The lowest BCUT2D eigenvalue weighted by atomic mass is 10.1. The van der Waals surface area contributed by atoms with Gasteiger partial charge in [-0.2, -0.15) is 0 Å². The Kier molecular flexibility index (Phi) is 2.76. The number of furan rings is 1. The Labute approximate surface area is 110 Å². The molecule has 3 heterocycles. The normalized spacial score (nSPS) is 10.8. The second-order valence-corrected chi connectivity index (χ2v) is 5.55. The molecule has 0 aromatic carbocycles. The van der Waals surface area contributed by atoms with Gasteiger partial charge in [-0.15, -0.1) is 11.3 Å². The number of nitrogens with zero attached hydrogens (tertiary/aromatic N) is 1. The van der Waals surface area contributed by atoms with Crippen molar-refractivity contribution >= 4 is 11.3 Å². The average Bonchev–Trinajstić information content (AvgIpc) is 3.01. The highest BCUT2D eigenvalue weighted by Crippen LogP contribution is 2.32. The van der Waals surface area contributed by atoms with Gasteiger partial charge in [0.1, 0.15) is 0 Å². The molecule has 3 rings (SSSR count).